The molecular formula is C16H17ClF3N5O3S. The number of ether oxygens (including phenoxy) is 1. The van der Waals surface area contributed by atoms with Gasteiger partial charge in [0, 0.05) is 30.0 Å². The molecule has 0 spiro atoms. The molecule has 2 aromatic heterocycles. The molecule has 0 saturated heterocycles. The Morgan fingerprint density at radius 1 is 1.28 bits per heavy atom. The van der Waals surface area contributed by atoms with Crippen LogP contribution >= 0.6 is 11.6 Å². The van der Waals surface area contributed by atoms with Crippen LogP contribution in [0.5, 0.6) is 5.88 Å². The van der Waals surface area contributed by atoms with Gasteiger partial charge in [0.05, 0.1) is 16.7 Å². The van der Waals surface area contributed by atoms with Crippen LogP contribution in [0.3, 0.4) is 0 Å². The summed E-state index contributed by atoms with van der Waals surface area (Å²) in [6, 6.07) is 1.40. The number of nitrogens with zero attached hydrogens (tertiary/aromatic N) is 5. The molecule has 0 N–H and O–H groups in total. The van der Waals surface area contributed by atoms with Crippen LogP contribution < -0.4 is 4.74 Å². The van der Waals surface area contributed by atoms with Crippen molar-refractivity contribution < 1.29 is 26.3 Å². The van der Waals surface area contributed by atoms with Gasteiger partial charge < -0.3 is 4.74 Å². The molecule has 158 valence electrons. The van der Waals surface area contributed by atoms with E-state index in [0.29, 0.717) is 10.9 Å². The van der Waals surface area contributed by atoms with Crippen LogP contribution in [0, 0.1) is 0 Å². The van der Waals surface area contributed by atoms with Crippen LogP contribution in [-0.4, -0.2) is 42.7 Å². The van der Waals surface area contributed by atoms with E-state index in [9.17, 15) is 21.6 Å². The van der Waals surface area contributed by atoms with E-state index >= 15 is 0 Å². The molecule has 0 aliphatic rings. The fraction of sp³-hybridized carbons (Fsp3) is 0.500. The number of hydrogen-bond acceptors (Lipinski definition) is 6. The third-order valence-electron chi connectivity index (χ3n) is 4.03. The van der Waals surface area contributed by atoms with Gasteiger partial charge >= 0.3 is 6.18 Å². The molecule has 8 nitrogen and oxygen atoms in total. The Morgan fingerprint density at radius 3 is 2.48 bits per heavy atom. The van der Waals surface area contributed by atoms with Crippen molar-refractivity contribution in [1.82, 2.24) is 9.97 Å². The van der Waals surface area contributed by atoms with Crippen molar-refractivity contribution in [2.75, 3.05) is 12.0 Å². The molecular weight excluding hydrogens is 435 g/mol. The molecule has 0 bridgehead atoms. The smallest absolute Gasteiger partial charge is 0.425 e. The highest BCUT2D eigenvalue weighted by Gasteiger charge is 2.42. The first-order valence-electron chi connectivity index (χ1n) is 8.16. The predicted octanol–water partition coefficient (Wildman–Crippen LogP) is 4.57. The summed E-state index contributed by atoms with van der Waals surface area (Å²) in [5.41, 5.74) is 8.10. The van der Waals surface area contributed by atoms with E-state index in [1.165, 1.54) is 18.5 Å². The number of rotatable bonds is 7. The molecule has 0 aliphatic carbocycles. The molecule has 0 radical (unpaired) electrons. The zero-order chi connectivity index (χ0) is 22.0. The lowest BCUT2D eigenvalue weighted by molar-refractivity contribution is -0.195. The highest BCUT2D eigenvalue weighted by Crippen LogP contribution is 2.37. The Labute approximate surface area is 169 Å². The maximum Gasteiger partial charge on any atom is 0.425 e. The molecule has 2 heterocycles. The number of fused-ring (bicyclic) bond motifs is 1. The highest BCUT2D eigenvalue weighted by molar-refractivity contribution is 7.90. The zero-order valence-corrected chi connectivity index (χ0v) is 17.2. The maximum absolute atomic E-state index is 13.4. The van der Waals surface area contributed by atoms with Gasteiger partial charge in [0.15, 0.2) is 6.10 Å². The van der Waals surface area contributed by atoms with Crippen LogP contribution in [-0.2, 0) is 15.4 Å². The van der Waals surface area contributed by atoms with Crippen molar-refractivity contribution in [1.29, 1.82) is 0 Å². The van der Waals surface area contributed by atoms with Crippen molar-refractivity contribution in [3.8, 4) is 5.88 Å². The van der Waals surface area contributed by atoms with Gasteiger partial charge in [-0.3, -0.25) is 0 Å². The third kappa shape index (κ3) is 5.84. The molecule has 0 saturated carbocycles. The molecule has 0 amide bonds. The monoisotopic (exact) mass is 451 g/mol. The van der Waals surface area contributed by atoms with Crippen LogP contribution in [0.15, 0.2) is 23.6 Å². The topological polar surface area (TPSA) is 118 Å². The molecule has 2 aromatic rings. The van der Waals surface area contributed by atoms with E-state index in [1.807, 2.05) is 0 Å². The standard InChI is InChI=1S/C16H17ClF3N5O3S/c1-15(2,24-25-21)11-8-23-14(10-7-22-13(17)6-9(10)11)28-12(16(18,19)20)4-5-29(3,26)27/h6-8,12H,4-5H2,1-3H3/t12-/m0/s1. The number of hydrogen-bond donors (Lipinski definition) is 0. The van der Waals surface area contributed by atoms with E-state index < -0.39 is 39.8 Å². The second kappa shape index (κ2) is 8.21. The van der Waals surface area contributed by atoms with Crippen molar-refractivity contribution in [3.05, 3.63) is 39.6 Å². The van der Waals surface area contributed by atoms with Crippen molar-refractivity contribution >= 4 is 32.2 Å². The lowest BCUT2D eigenvalue weighted by atomic mass is 9.93. The summed E-state index contributed by atoms with van der Waals surface area (Å²) in [6.45, 7) is 3.20. The first kappa shape index (κ1) is 23.0. The third-order valence-corrected chi connectivity index (χ3v) is 5.21. The largest absolute Gasteiger partial charge is 0.464 e. The number of azide groups is 1. The Kier molecular flexibility index (Phi) is 6.51. The predicted molar refractivity (Wildman–Crippen MR) is 102 cm³/mol. The number of alkyl halides is 3. The minimum absolute atomic E-state index is 0.0667. The first-order valence-corrected chi connectivity index (χ1v) is 10.6. The molecule has 0 aliphatic heterocycles. The van der Waals surface area contributed by atoms with Crippen LogP contribution in [0.2, 0.25) is 5.15 Å². The molecule has 2 rings (SSSR count). The number of aromatic nitrogens is 2. The number of pyridine rings is 2. The van der Waals surface area contributed by atoms with Crippen LogP contribution in [0.25, 0.3) is 21.2 Å². The Morgan fingerprint density at radius 2 is 1.93 bits per heavy atom. The Balaban J connectivity index is 2.57. The zero-order valence-electron chi connectivity index (χ0n) is 15.6. The van der Waals surface area contributed by atoms with Gasteiger partial charge in [-0.1, -0.05) is 30.6 Å². The van der Waals surface area contributed by atoms with Gasteiger partial charge in [-0.25, -0.2) is 18.4 Å². The summed E-state index contributed by atoms with van der Waals surface area (Å²) in [5, 5.41) is 4.21. The SMILES string of the molecule is CC(C)(N=[N+]=[N-])c1cnc(O[C@@H](CCS(C)(=O)=O)C(F)(F)F)c2cnc(Cl)cc12. The van der Waals surface area contributed by atoms with E-state index in [0.717, 1.165) is 6.26 Å². The number of halogens is 4. The summed E-state index contributed by atoms with van der Waals surface area (Å²) >= 11 is 5.93. The van der Waals surface area contributed by atoms with Gasteiger partial charge in [0.1, 0.15) is 15.0 Å². The molecule has 29 heavy (non-hydrogen) atoms. The van der Waals surface area contributed by atoms with Crippen LogP contribution in [0.4, 0.5) is 13.2 Å². The average Bonchev–Trinajstić information content (AvgIpc) is 2.55. The van der Waals surface area contributed by atoms with E-state index in [4.69, 9.17) is 21.9 Å². The molecule has 0 fully saturated rings. The Hall–Kier alpha value is -2.30. The highest BCUT2D eigenvalue weighted by atomic mass is 35.5. The second-order valence-electron chi connectivity index (χ2n) is 6.84. The van der Waals surface area contributed by atoms with Gasteiger partial charge in [-0.05, 0) is 22.5 Å². The van der Waals surface area contributed by atoms with Gasteiger partial charge in [-0.15, -0.1) is 0 Å². The van der Waals surface area contributed by atoms with Crippen LogP contribution in [0.1, 0.15) is 25.8 Å². The van der Waals surface area contributed by atoms with E-state index in [2.05, 4.69) is 20.0 Å². The normalized spacial score (nSPS) is 13.8. The molecule has 0 unspecified atom stereocenters. The molecule has 1 atom stereocenters. The quantitative estimate of drug-likeness (QED) is 0.264. The first-order chi connectivity index (χ1) is 13.2. The number of sulfone groups is 1. The fourth-order valence-corrected chi connectivity index (χ4v) is 3.38. The second-order valence-corrected chi connectivity index (χ2v) is 9.49. The molecule has 13 heteroatoms. The summed E-state index contributed by atoms with van der Waals surface area (Å²) in [7, 11) is -3.63. The van der Waals surface area contributed by atoms with Crippen molar-refractivity contribution in [3.63, 3.8) is 0 Å². The minimum atomic E-state index is -4.82. The summed E-state index contributed by atoms with van der Waals surface area (Å²) < 4.78 is 67.7. The lowest BCUT2D eigenvalue weighted by Crippen LogP contribution is -2.36. The van der Waals surface area contributed by atoms with Crippen molar-refractivity contribution in [2.45, 2.75) is 38.1 Å². The Bertz CT molecular complexity index is 1070. The van der Waals surface area contributed by atoms with Gasteiger partial charge in [0.25, 0.3) is 0 Å². The summed E-state index contributed by atoms with van der Waals surface area (Å²) in [4.78, 5) is 10.6. The van der Waals surface area contributed by atoms with E-state index in [-0.39, 0.29) is 16.4 Å². The average molecular weight is 452 g/mol. The fourth-order valence-electron chi connectivity index (χ4n) is 2.58. The van der Waals surface area contributed by atoms with Crippen molar-refractivity contribution in [2.24, 2.45) is 5.11 Å². The van der Waals surface area contributed by atoms with Gasteiger partial charge in [-0.2, -0.15) is 13.2 Å². The van der Waals surface area contributed by atoms with E-state index in [1.54, 1.807) is 13.8 Å². The molecule has 0 aromatic carbocycles. The minimum Gasteiger partial charge on any atom is -0.464 e. The lowest BCUT2D eigenvalue weighted by Gasteiger charge is -2.24. The maximum atomic E-state index is 13.4. The summed E-state index contributed by atoms with van der Waals surface area (Å²) in [5.74, 6) is -1.10. The van der Waals surface area contributed by atoms with Gasteiger partial charge in [0.2, 0.25) is 5.88 Å². The summed E-state index contributed by atoms with van der Waals surface area (Å²) in [6.07, 6.45) is -4.74.